The molecule has 130 valence electrons. The number of aryl methyl sites for hydroxylation is 1. The third-order valence-corrected chi connectivity index (χ3v) is 4.44. The van der Waals surface area contributed by atoms with Gasteiger partial charge in [0.15, 0.2) is 5.76 Å². The van der Waals surface area contributed by atoms with Crippen LogP contribution in [0.4, 0.5) is 0 Å². The van der Waals surface area contributed by atoms with E-state index >= 15 is 0 Å². The summed E-state index contributed by atoms with van der Waals surface area (Å²) in [5, 5.41) is 8.26. The maximum atomic E-state index is 5.77. The van der Waals surface area contributed by atoms with Crippen molar-refractivity contribution in [2.24, 2.45) is 0 Å². The summed E-state index contributed by atoms with van der Waals surface area (Å²) in [5.41, 5.74) is 3.32. The number of aromatic nitrogens is 4. The van der Waals surface area contributed by atoms with Gasteiger partial charge in [-0.05, 0) is 25.0 Å². The van der Waals surface area contributed by atoms with Gasteiger partial charge >= 0.3 is 0 Å². The average molecular weight is 339 g/mol. The predicted molar refractivity (Wildman–Crippen MR) is 90.7 cm³/mol. The Morgan fingerprint density at radius 1 is 1.28 bits per heavy atom. The van der Waals surface area contributed by atoms with E-state index < -0.39 is 0 Å². The number of hydrogen-bond acceptors (Lipinski definition) is 7. The van der Waals surface area contributed by atoms with Crippen LogP contribution in [0.2, 0.25) is 0 Å². The molecule has 4 rings (SSSR count). The zero-order valence-corrected chi connectivity index (χ0v) is 14.7. The molecule has 0 saturated heterocycles. The molecular weight excluding hydrogens is 318 g/mol. The minimum absolute atomic E-state index is 0.329. The summed E-state index contributed by atoms with van der Waals surface area (Å²) in [7, 11) is 0. The van der Waals surface area contributed by atoms with Crippen molar-refractivity contribution in [3.8, 4) is 11.7 Å². The molecule has 0 fully saturated rings. The second kappa shape index (κ2) is 6.40. The lowest BCUT2D eigenvalue weighted by Gasteiger charge is -2.26. The zero-order chi connectivity index (χ0) is 17.4. The molecule has 1 aliphatic rings. The van der Waals surface area contributed by atoms with Crippen molar-refractivity contribution in [2.75, 3.05) is 6.54 Å². The van der Waals surface area contributed by atoms with E-state index in [9.17, 15) is 0 Å². The van der Waals surface area contributed by atoms with Crippen molar-refractivity contribution in [1.82, 2.24) is 25.1 Å². The molecule has 7 nitrogen and oxygen atoms in total. The summed E-state index contributed by atoms with van der Waals surface area (Å²) in [6.07, 6.45) is 4.54. The van der Waals surface area contributed by atoms with E-state index in [2.05, 4.69) is 33.9 Å². The molecule has 1 aliphatic heterocycles. The second-order valence-electron chi connectivity index (χ2n) is 6.75. The molecule has 0 aromatic carbocycles. The molecule has 0 N–H and O–H groups in total. The summed E-state index contributed by atoms with van der Waals surface area (Å²) in [5.74, 6) is 2.88. The molecule has 0 spiro atoms. The Balaban J connectivity index is 1.49. The Labute approximate surface area is 146 Å². The van der Waals surface area contributed by atoms with Crippen LogP contribution in [0, 0.1) is 6.92 Å². The van der Waals surface area contributed by atoms with Gasteiger partial charge < -0.3 is 8.83 Å². The van der Waals surface area contributed by atoms with Gasteiger partial charge in [0, 0.05) is 30.8 Å². The fraction of sp³-hybridized carbons (Fsp3) is 0.444. The molecule has 25 heavy (non-hydrogen) atoms. The molecule has 7 heteroatoms. The van der Waals surface area contributed by atoms with E-state index in [4.69, 9.17) is 13.8 Å². The van der Waals surface area contributed by atoms with Gasteiger partial charge in [-0.15, -0.1) is 10.2 Å². The van der Waals surface area contributed by atoms with Crippen LogP contribution < -0.4 is 0 Å². The van der Waals surface area contributed by atoms with Crippen LogP contribution in [0.25, 0.3) is 11.7 Å². The molecule has 3 aromatic rings. The molecule has 0 radical (unpaired) electrons. The minimum atomic E-state index is 0.329. The van der Waals surface area contributed by atoms with Crippen molar-refractivity contribution in [2.45, 2.75) is 46.2 Å². The summed E-state index contributed by atoms with van der Waals surface area (Å²) in [4.78, 5) is 11.5. The van der Waals surface area contributed by atoms with E-state index in [1.165, 1.54) is 5.56 Å². The van der Waals surface area contributed by atoms with Gasteiger partial charge in [-0.1, -0.05) is 13.8 Å². The SMILES string of the molecule is Cc1ccoc1-c1nnc(CN2CCc3cnc(C(C)C)nc3C2)o1. The van der Waals surface area contributed by atoms with Crippen molar-refractivity contribution >= 4 is 0 Å². The highest BCUT2D eigenvalue weighted by atomic mass is 16.4. The van der Waals surface area contributed by atoms with Crippen molar-refractivity contribution in [3.05, 3.63) is 47.1 Å². The highest BCUT2D eigenvalue weighted by Gasteiger charge is 2.22. The lowest BCUT2D eigenvalue weighted by atomic mass is 10.1. The molecule has 0 aliphatic carbocycles. The van der Waals surface area contributed by atoms with Gasteiger partial charge in [0.1, 0.15) is 5.82 Å². The lowest BCUT2D eigenvalue weighted by Crippen LogP contribution is -2.31. The van der Waals surface area contributed by atoms with E-state index in [1.807, 2.05) is 19.2 Å². The maximum absolute atomic E-state index is 5.77. The van der Waals surface area contributed by atoms with Crippen molar-refractivity contribution in [3.63, 3.8) is 0 Å². The van der Waals surface area contributed by atoms with Gasteiger partial charge in [-0.2, -0.15) is 0 Å². The maximum Gasteiger partial charge on any atom is 0.283 e. The summed E-state index contributed by atoms with van der Waals surface area (Å²) < 4.78 is 11.2. The Kier molecular flexibility index (Phi) is 4.09. The van der Waals surface area contributed by atoms with Gasteiger partial charge in [0.2, 0.25) is 5.89 Å². The number of rotatable bonds is 4. The number of hydrogen-bond donors (Lipinski definition) is 0. The fourth-order valence-corrected chi connectivity index (χ4v) is 2.98. The van der Waals surface area contributed by atoms with Crippen LogP contribution in [0.15, 0.2) is 27.4 Å². The highest BCUT2D eigenvalue weighted by molar-refractivity contribution is 5.49. The topological polar surface area (TPSA) is 81.1 Å². The minimum Gasteiger partial charge on any atom is -0.459 e. The number of nitrogens with zero attached hydrogens (tertiary/aromatic N) is 5. The third-order valence-electron chi connectivity index (χ3n) is 4.44. The highest BCUT2D eigenvalue weighted by Crippen LogP contribution is 2.24. The number of furan rings is 1. The van der Waals surface area contributed by atoms with Crippen molar-refractivity contribution in [1.29, 1.82) is 0 Å². The molecule has 4 heterocycles. The Hall–Kier alpha value is -2.54. The van der Waals surface area contributed by atoms with Crippen LogP contribution in [0.1, 0.15) is 48.3 Å². The van der Waals surface area contributed by atoms with E-state index in [-0.39, 0.29) is 0 Å². The standard InChI is InChI=1S/C18H21N5O2/c1-11(2)17-19-8-13-4-6-23(9-14(13)20-17)10-15-21-22-18(25-15)16-12(3)5-7-24-16/h5,7-8,11H,4,6,9-10H2,1-3H3. The van der Waals surface area contributed by atoms with Crippen LogP contribution >= 0.6 is 0 Å². The summed E-state index contributed by atoms with van der Waals surface area (Å²) in [6, 6.07) is 1.88. The molecular formula is C18H21N5O2. The van der Waals surface area contributed by atoms with Gasteiger partial charge in [-0.3, -0.25) is 4.90 Å². The zero-order valence-electron chi connectivity index (χ0n) is 14.7. The van der Waals surface area contributed by atoms with Crippen LogP contribution in [-0.4, -0.2) is 31.6 Å². The van der Waals surface area contributed by atoms with E-state index in [1.54, 1.807) is 6.26 Å². The third kappa shape index (κ3) is 3.19. The first-order valence-electron chi connectivity index (χ1n) is 8.54. The summed E-state index contributed by atoms with van der Waals surface area (Å²) in [6.45, 7) is 8.48. The molecule has 0 atom stereocenters. The van der Waals surface area contributed by atoms with Crippen LogP contribution in [-0.2, 0) is 19.5 Å². The second-order valence-corrected chi connectivity index (χ2v) is 6.75. The Morgan fingerprint density at radius 3 is 2.92 bits per heavy atom. The molecule has 0 bridgehead atoms. The normalized spacial score (nSPS) is 14.9. The van der Waals surface area contributed by atoms with Gasteiger partial charge in [-0.25, -0.2) is 9.97 Å². The molecule has 0 saturated carbocycles. The first-order valence-corrected chi connectivity index (χ1v) is 8.54. The first-order chi connectivity index (χ1) is 12.1. The summed E-state index contributed by atoms with van der Waals surface area (Å²) >= 11 is 0. The molecule has 0 unspecified atom stereocenters. The van der Waals surface area contributed by atoms with Crippen LogP contribution in [0.5, 0.6) is 0 Å². The average Bonchev–Trinajstić information content (AvgIpc) is 3.22. The Morgan fingerprint density at radius 2 is 2.16 bits per heavy atom. The monoisotopic (exact) mass is 339 g/mol. The fourth-order valence-electron chi connectivity index (χ4n) is 2.98. The molecule has 3 aromatic heterocycles. The van der Waals surface area contributed by atoms with E-state index in [0.29, 0.717) is 30.0 Å². The quantitative estimate of drug-likeness (QED) is 0.722. The van der Waals surface area contributed by atoms with Gasteiger partial charge in [0.25, 0.3) is 5.89 Å². The Bertz CT molecular complexity index is 883. The lowest BCUT2D eigenvalue weighted by molar-refractivity contribution is 0.217. The smallest absolute Gasteiger partial charge is 0.283 e. The number of fused-ring (bicyclic) bond motifs is 1. The van der Waals surface area contributed by atoms with E-state index in [0.717, 1.165) is 36.6 Å². The van der Waals surface area contributed by atoms with Gasteiger partial charge in [0.05, 0.1) is 18.5 Å². The van der Waals surface area contributed by atoms with Crippen LogP contribution in [0.3, 0.4) is 0 Å². The predicted octanol–water partition coefficient (Wildman–Crippen LogP) is 3.11. The largest absolute Gasteiger partial charge is 0.459 e. The first kappa shape index (κ1) is 16.0. The van der Waals surface area contributed by atoms with Crippen molar-refractivity contribution < 1.29 is 8.83 Å². The molecule has 0 amide bonds.